The zero-order valence-electron chi connectivity index (χ0n) is 24.0. The van der Waals surface area contributed by atoms with Crippen LogP contribution in [0.2, 0.25) is 0 Å². The number of hydrogen-bond donors (Lipinski definition) is 1. The molecule has 3 rings (SSSR count). The van der Waals surface area contributed by atoms with Gasteiger partial charge in [0.1, 0.15) is 30.5 Å². The molecule has 0 amide bonds. The van der Waals surface area contributed by atoms with Crippen molar-refractivity contribution in [1.29, 1.82) is 0 Å². The van der Waals surface area contributed by atoms with Crippen LogP contribution in [-0.4, -0.2) is 83.7 Å². The summed E-state index contributed by atoms with van der Waals surface area (Å²) in [5.41, 5.74) is -0.506. The molecule has 1 aromatic carbocycles. The molecule has 2 saturated heterocycles. The third-order valence-electron chi connectivity index (χ3n) is 6.98. The van der Waals surface area contributed by atoms with Crippen molar-refractivity contribution in [3.63, 3.8) is 0 Å². The minimum atomic E-state index is -1.36. The Morgan fingerprint density at radius 2 is 1.83 bits per heavy atom. The van der Waals surface area contributed by atoms with E-state index in [-0.39, 0.29) is 37.9 Å². The van der Waals surface area contributed by atoms with E-state index < -0.39 is 60.1 Å². The van der Waals surface area contributed by atoms with Crippen molar-refractivity contribution < 1.29 is 52.7 Å². The lowest BCUT2D eigenvalue weighted by atomic mass is 9.91. The number of ketones is 1. The Hall–Kier alpha value is -3.12. The van der Waals surface area contributed by atoms with Gasteiger partial charge in [-0.05, 0) is 25.3 Å². The van der Waals surface area contributed by atoms with Crippen LogP contribution in [0.25, 0.3) is 0 Å². The molecule has 2 aliphatic rings. The number of rotatable bonds is 13. The van der Waals surface area contributed by atoms with Crippen LogP contribution in [0.15, 0.2) is 43.0 Å². The molecule has 6 unspecified atom stereocenters. The number of hydrogen-bond acceptors (Lipinski definition) is 11. The highest BCUT2D eigenvalue weighted by Gasteiger charge is 2.55. The summed E-state index contributed by atoms with van der Waals surface area (Å²) < 4.78 is 34.7. The van der Waals surface area contributed by atoms with E-state index >= 15 is 0 Å². The Balaban J connectivity index is 1.93. The summed E-state index contributed by atoms with van der Waals surface area (Å²) in [5, 5.41) is 11.5. The average molecular weight is 577 g/mol. The van der Waals surface area contributed by atoms with Crippen LogP contribution in [0.1, 0.15) is 58.9 Å². The fraction of sp³-hybridized carbons (Fsp3) is 0.600. The van der Waals surface area contributed by atoms with Gasteiger partial charge in [0.25, 0.3) is 0 Å². The first-order valence-corrected chi connectivity index (χ1v) is 13.7. The number of benzene rings is 1. The predicted molar refractivity (Wildman–Crippen MR) is 144 cm³/mol. The van der Waals surface area contributed by atoms with Gasteiger partial charge >= 0.3 is 17.9 Å². The summed E-state index contributed by atoms with van der Waals surface area (Å²) in [6.07, 6.45) is -4.42. The third kappa shape index (κ3) is 9.19. The monoisotopic (exact) mass is 576 g/mol. The molecule has 226 valence electrons. The van der Waals surface area contributed by atoms with Crippen molar-refractivity contribution in [2.24, 2.45) is 0 Å². The number of carbonyl (C=O) groups excluding carboxylic acids is 4. The van der Waals surface area contributed by atoms with Crippen LogP contribution in [0, 0.1) is 0 Å². The van der Waals surface area contributed by atoms with Crippen molar-refractivity contribution >= 4 is 23.7 Å². The van der Waals surface area contributed by atoms with Gasteiger partial charge in [-0.3, -0.25) is 19.2 Å². The third-order valence-corrected chi connectivity index (χ3v) is 6.98. The summed E-state index contributed by atoms with van der Waals surface area (Å²) in [7, 11) is 0. The summed E-state index contributed by atoms with van der Waals surface area (Å²) in [5.74, 6) is -2.14. The van der Waals surface area contributed by atoms with Crippen molar-refractivity contribution in [3.8, 4) is 0 Å². The van der Waals surface area contributed by atoms with E-state index in [0.29, 0.717) is 12.8 Å². The lowest BCUT2D eigenvalue weighted by molar-refractivity contribution is -0.193. The van der Waals surface area contributed by atoms with Crippen LogP contribution >= 0.6 is 0 Å². The molecule has 2 heterocycles. The summed E-state index contributed by atoms with van der Waals surface area (Å²) in [6.45, 7) is 8.80. The molecule has 0 bridgehead atoms. The minimum absolute atomic E-state index is 0.0434. The van der Waals surface area contributed by atoms with E-state index in [1.165, 1.54) is 20.8 Å². The van der Waals surface area contributed by atoms with Gasteiger partial charge in [-0.1, -0.05) is 36.4 Å². The zero-order chi connectivity index (χ0) is 30.2. The SMILES string of the molecule is C=CCC1CCC(=O)[C@@H]([C@@H](OC(C)=O)C2OC(CC(C)(COC(C)=O)OC(C)=O)C(OCc3ccccc3)C2O)O1. The van der Waals surface area contributed by atoms with Crippen LogP contribution in [0.5, 0.6) is 0 Å². The maximum absolute atomic E-state index is 13.0. The maximum atomic E-state index is 13.0. The molecule has 41 heavy (non-hydrogen) atoms. The van der Waals surface area contributed by atoms with Gasteiger partial charge in [-0.15, -0.1) is 6.58 Å². The first kappa shape index (κ1) is 32.4. The molecule has 11 heteroatoms. The smallest absolute Gasteiger partial charge is 0.303 e. The number of aliphatic hydroxyl groups excluding tert-OH is 1. The lowest BCUT2D eigenvalue weighted by Gasteiger charge is -2.36. The first-order valence-electron chi connectivity index (χ1n) is 13.7. The fourth-order valence-electron chi connectivity index (χ4n) is 5.24. The summed E-state index contributed by atoms with van der Waals surface area (Å²) >= 11 is 0. The highest BCUT2D eigenvalue weighted by atomic mass is 16.6. The molecular formula is C30H40O11. The van der Waals surface area contributed by atoms with E-state index in [1.807, 2.05) is 30.3 Å². The van der Waals surface area contributed by atoms with E-state index in [2.05, 4.69) is 6.58 Å². The molecule has 8 atom stereocenters. The van der Waals surface area contributed by atoms with Crippen LogP contribution in [0.4, 0.5) is 0 Å². The zero-order valence-corrected chi connectivity index (χ0v) is 24.0. The van der Waals surface area contributed by atoms with E-state index in [0.717, 1.165) is 5.56 Å². The molecule has 0 saturated carbocycles. The second-order valence-corrected chi connectivity index (χ2v) is 10.7. The summed E-state index contributed by atoms with van der Waals surface area (Å²) in [4.78, 5) is 48.7. The van der Waals surface area contributed by atoms with Crippen molar-refractivity contribution in [2.75, 3.05) is 6.61 Å². The Morgan fingerprint density at radius 1 is 1.12 bits per heavy atom. The van der Waals surface area contributed by atoms with Gasteiger partial charge < -0.3 is 33.5 Å². The molecule has 0 radical (unpaired) electrons. The fourth-order valence-corrected chi connectivity index (χ4v) is 5.24. The van der Waals surface area contributed by atoms with Crippen LogP contribution < -0.4 is 0 Å². The standard InChI is InChI=1S/C30H40O11/c1-6-10-22-13-14-23(34)26(39-22)29(38-19(3)32)28-25(35)27(36-16-21-11-8-7-9-12-21)24(40-28)15-30(5,41-20(4)33)17-37-18(2)31/h6-9,11-12,22,24-29,35H,1,10,13-17H2,2-5H3/t22?,24?,25?,26-,27?,28?,29+,30?/m0/s1. The second-order valence-electron chi connectivity index (χ2n) is 10.7. The van der Waals surface area contributed by atoms with Crippen molar-refractivity contribution in [3.05, 3.63) is 48.6 Å². The van der Waals surface area contributed by atoms with Gasteiger partial charge in [0.15, 0.2) is 18.0 Å². The van der Waals surface area contributed by atoms with Gasteiger partial charge in [0.2, 0.25) is 0 Å². The van der Waals surface area contributed by atoms with Gasteiger partial charge in [0, 0.05) is 33.6 Å². The average Bonchev–Trinajstić information content (AvgIpc) is 3.20. The number of esters is 3. The maximum Gasteiger partial charge on any atom is 0.303 e. The molecule has 2 fully saturated rings. The molecule has 0 aliphatic carbocycles. The van der Waals surface area contributed by atoms with Gasteiger partial charge in [-0.25, -0.2) is 0 Å². The van der Waals surface area contributed by atoms with E-state index in [1.54, 1.807) is 13.0 Å². The van der Waals surface area contributed by atoms with Crippen molar-refractivity contribution in [1.82, 2.24) is 0 Å². The van der Waals surface area contributed by atoms with Crippen LogP contribution in [-0.2, 0) is 54.2 Å². The quantitative estimate of drug-likeness (QED) is 0.210. The molecular weight excluding hydrogens is 536 g/mol. The number of aliphatic hydroxyl groups is 1. The molecule has 11 nitrogen and oxygen atoms in total. The molecule has 1 N–H and O–H groups in total. The van der Waals surface area contributed by atoms with Crippen LogP contribution in [0.3, 0.4) is 0 Å². The highest BCUT2D eigenvalue weighted by Crippen LogP contribution is 2.37. The van der Waals surface area contributed by atoms with Gasteiger partial charge in [0.05, 0.1) is 18.8 Å². The second kappa shape index (κ2) is 14.7. The first-order chi connectivity index (χ1) is 19.4. The van der Waals surface area contributed by atoms with E-state index in [9.17, 15) is 24.3 Å². The Labute approximate surface area is 240 Å². The minimum Gasteiger partial charge on any atom is -0.462 e. The number of carbonyl (C=O) groups is 4. The largest absolute Gasteiger partial charge is 0.462 e. The number of ether oxygens (including phenoxy) is 6. The molecule has 0 aromatic heterocycles. The van der Waals surface area contributed by atoms with Crippen molar-refractivity contribution in [2.45, 2.75) is 108 Å². The molecule has 0 spiro atoms. The predicted octanol–water partition coefficient (Wildman–Crippen LogP) is 2.60. The lowest BCUT2D eigenvalue weighted by Crippen LogP contribution is -2.53. The summed E-state index contributed by atoms with van der Waals surface area (Å²) in [6, 6.07) is 9.27. The Morgan fingerprint density at radius 3 is 2.44 bits per heavy atom. The highest BCUT2D eigenvalue weighted by molar-refractivity contribution is 5.85. The normalized spacial score (nSPS) is 28.3. The van der Waals surface area contributed by atoms with E-state index in [4.69, 9.17) is 28.4 Å². The molecule has 2 aliphatic heterocycles. The topological polar surface area (TPSA) is 144 Å². The number of Topliss-reactive ketones (excluding diaryl/α,β-unsaturated/α-hetero) is 1. The Kier molecular flexibility index (Phi) is 11.6. The molecule has 1 aromatic rings. The van der Waals surface area contributed by atoms with Gasteiger partial charge in [-0.2, -0.15) is 0 Å². The Bertz CT molecular complexity index is 1070.